The summed E-state index contributed by atoms with van der Waals surface area (Å²) in [5.41, 5.74) is 3.48. The molecule has 0 unspecified atom stereocenters. The molecule has 32 heavy (non-hydrogen) atoms. The van der Waals surface area contributed by atoms with E-state index in [1.54, 1.807) is 6.26 Å². The minimum Gasteiger partial charge on any atom is -0.461 e. The molecule has 4 aromatic rings. The molecule has 1 amide bonds. The Bertz CT molecular complexity index is 1200. The van der Waals surface area contributed by atoms with Crippen LogP contribution in [0.25, 0.3) is 17.3 Å². The van der Waals surface area contributed by atoms with Crippen molar-refractivity contribution >= 4 is 17.7 Å². The lowest BCUT2D eigenvalue weighted by Gasteiger charge is -2.27. The summed E-state index contributed by atoms with van der Waals surface area (Å²) in [6, 6.07) is 22.0. The Balaban J connectivity index is 1.38. The zero-order chi connectivity index (χ0) is 21.9. The first kappa shape index (κ1) is 20.6. The minimum absolute atomic E-state index is 0.00105. The molecule has 0 radical (unpaired) electrons. The zero-order valence-electron chi connectivity index (χ0n) is 17.8. The van der Waals surface area contributed by atoms with E-state index < -0.39 is 0 Å². The van der Waals surface area contributed by atoms with Gasteiger partial charge in [-0.05, 0) is 61.6 Å². The number of amides is 1. The van der Waals surface area contributed by atoms with Gasteiger partial charge in [-0.2, -0.15) is 0 Å². The number of para-hydroxylation sites is 1. The summed E-state index contributed by atoms with van der Waals surface area (Å²) in [6.07, 6.45) is 4.73. The predicted molar refractivity (Wildman–Crippen MR) is 125 cm³/mol. The molecule has 0 fully saturated rings. The summed E-state index contributed by atoms with van der Waals surface area (Å²) in [4.78, 5) is 13.1. The van der Waals surface area contributed by atoms with Crippen molar-refractivity contribution < 1.29 is 9.21 Å². The van der Waals surface area contributed by atoms with Gasteiger partial charge < -0.3 is 9.73 Å². The number of carbonyl (C=O) groups is 1. The third-order valence-electron chi connectivity index (χ3n) is 5.73. The van der Waals surface area contributed by atoms with Gasteiger partial charge in [-0.25, -0.2) is 0 Å². The first-order chi connectivity index (χ1) is 15.7. The van der Waals surface area contributed by atoms with Crippen LogP contribution in [0.3, 0.4) is 0 Å². The SMILES string of the molecule is C[C@@H](Sc1nnc(-c2ccco2)n1-c1ccccc1)C(=O)N[C@H]1CCCc2ccccc21. The Morgan fingerprint density at radius 2 is 1.91 bits per heavy atom. The Labute approximate surface area is 191 Å². The molecule has 0 spiro atoms. The minimum atomic E-state index is -0.333. The van der Waals surface area contributed by atoms with Crippen molar-refractivity contribution in [3.05, 3.63) is 84.1 Å². The van der Waals surface area contributed by atoms with E-state index in [9.17, 15) is 4.79 Å². The highest BCUT2D eigenvalue weighted by atomic mass is 32.2. The smallest absolute Gasteiger partial charge is 0.233 e. The number of thioether (sulfide) groups is 1. The van der Waals surface area contributed by atoms with E-state index in [0.29, 0.717) is 16.7 Å². The molecule has 6 nitrogen and oxygen atoms in total. The van der Waals surface area contributed by atoms with Gasteiger partial charge in [0.25, 0.3) is 0 Å². The van der Waals surface area contributed by atoms with E-state index >= 15 is 0 Å². The molecule has 2 aromatic heterocycles. The van der Waals surface area contributed by atoms with Crippen molar-refractivity contribution in [2.75, 3.05) is 0 Å². The highest BCUT2D eigenvalue weighted by Gasteiger charge is 2.26. The summed E-state index contributed by atoms with van der Waals surface area (Å²) in [5.74, 6) is 1.24. The molecule has 162 valence electrons. The summed E-state index contributed by atoms with van der Waals surface area (Å²) < 4.78 is 7.50. The van der Waals surface area contributed by atoms with Crippen LogP contribution < -0.4 is 5.32 Å². The van der Waals surface area contributed by atoms with Gasteiger partial charge in [0.1, 0.15) is 0 Å². The number of fused-ring (bicyclic) bond motifs is 1. The van der Waals surface area contributed by atoms with Crippen LogP contribution in [-0.2, 0) is 11.2 Å². The van der Waals surface area contributed by atoms with Crippen LogP contribution in [0.15, 0.2) is 82.6 Å². The fourth-order valence-corrected chi connectivity index (χ4v) is 5.00. The lowest BCUT2D eigenvalue weighted by atomic mass is 9.88. The zero-order valence-corrected chi connectivity index (χ0v) is 18.6. The lowest BCUT2D eigenvalue weighted by Crippen LogP contribution is -2.36. The average molecular weight is 445 g/mol. The molecule has 1 aliphatic rings. The number of benzene rings is 2. The Kier molecular flexibility index (Phi) is 5.81. The Morgan fingerprint density at radius 3 is 2.72 bits per heavy atom. The number of hydrogen-bond acceptors (Lipinski definition) is 5. The molecule has 1 N–H and O–H groups in total. The van der Waals surface area contributed by atoms with Crippen molar-refractivity contribution in [3.8, 4) is 17.3 Å². The molecule has 7 heteroatoms. The van der Waals surface area contributed by atoms with E-state index in [1.807, 2.05) is 60.0 Å². The highest BCUT2D eigenvalue weighted by Crippen LogP contribution is 2.32. The fourth-order valence-electron chi connectivity index (χ4n) is 4.13. The largest absolute Gasteiger partial charge is 0.461 e. The Hall–Kier alpha value is -3.32. The summed E-state index contributed by atoms with van der Waals surface area (Å²) in [5, 5.41) is 12.3. The van der Waals surface area contributed by atoms with Gasteiger partial charge >= 0.3 is 0 Å². The number of furan rings is 1. The van der Waals surface area contributed by atoms with Gasteiger partial charge in [0.15, 0.2) is 10.9 Å². The van der Waals surface area contributed by atoms with Crippen LogP contribution in [0.1, 0.15) is 36.9 Å². The second kappa shape index (κ2) is 9.04. The number of aromatic nitrogens is 3. The average Bonchev–Trinajstić information content (AvgIpc) is 3.50. The molecule has 2 atom stereocenters. The summed E-state index contributed by atoms with van der Waals surface area (Å²) in [6.45, 7) is 1.91. The third-order valence-corrected chi connectivity index (χ3v) is 6.77. The van der Waals surface area contributed by atoms with Gasteiger partial charge in [0.2, 0.25) is 11.7 Å². The topological polar surface area (TPSA) is 73.0 Å². The van der Waals surface area contributed by atoms with Crippen LogP contribution in [0, 0.1) is 0 Å². The van der Waals surface area contributed by atoms with Gasteiger partial charge in [0, 0.05) is 5.69 Å². The van der Waals surface area contributed by atoms with Crippen molar-refractivity contribution in [2.45, 2.75) is 42.6 Å². The number of nitrogens with zero attached hydrogens (tertiary/aromatic N) is 3. The van der Waals surface area contributed by atoms with Crippen LogP contribution >= 0.6 is 11.8 Å². The summed E-state index contributed by atoms with van der Waals surface area (Å²) >= 11 is 1.40. The molecule has 0 bridgehead atoms. The van der Waals surface area contributed by atoms with E-state index in [0.717, 1.165) is 24.9 Å². The second-order valence-corrected chi connectivity index (χ2v) is 9.17. The van der Waals surface area contributed by atoms with Gasteiger partial charge in [-0.3, -0.25) is 9.36 Å². The highest BCUT2D eigenvalue weighted by molar-refractivity contribution is 8.00. The van der Waals surface area contributed by atoms with E-state index in [1.165, 1.54) is 22.9 Å². The van der Waals surface area contributed by atoms with Crippen molar-refractivity contribution in [1.82, 2.24) is 20.1 Å². The molecule has 0 saturated heterocycles. The van der Waals surface area contributed by atoms with E-state index in [2.05, 4.69) is 33.7 Å². The van der Waals surface area contributed by atoms with Crippen molar-refractivity contribution in [3.63, 3.8) is 0 Å². The molecular formula is C25H24N4O2S. The van der Waals surface area contributed by atoms with Crippen LogP contribution in [0.2, 0.25) is 0 Å². The summed E-state index contributed by atoms with van der Waals surface area (Å²) in [7, 11) is 0. The maximum Gasteiger partial charge on any atom is 0.233 e. The molecular weight excluding hydrogens is 420 g/mol. The number of rotatable bonds is 6. The molecule has 2 aromatic carbocycles. The first-order valence-electron chi connectivity index (χ1n) is 10.8. The predicted octanol–water partition coefficient (Wildman–Crippen LogP) is 5.20. The Morgan fingerprint density at radius 1 is 1.09 bits per heavy atom. The molecule has 5 rings (SSSR count). The van der Waals surface area contributed by atoms with Gasteiger partial charge in [-0.15, -0.1) is 10.2 Å². The number of nitrogens with one attached hydrogen (secondary N) is 1. The van der Waals surface area contributed by atoms with E-state index in [4.69, 9.17) is 4.42 Å². The molecule has 2 heterocycles. The van der Waals surface area contributed by atoms with Crippen LogP contribution in [0.5, 0.6) is 0 Å². The third kappa shape index (κ3) is 4.08. The standard InChI is InChI=1S/C25H24N4O2S/c1-17(24(30)26-21-14-7-10-18-9-5-6-13-20(18)21)32-25-28-27-23(22-15-8-16-31-22)29(25)19-11-3-2-4-12-19/h2-6,8-9,11-13,15-17,21H,7,10,14H2,1H3,(H,26,30)/t17-,21+/m1/s1. The normalized spacial score (nSPS) is 16.3. The monoisotopic (exact) mass is 444 g/mol. The number of hydrogen-bond donors (Lipinski definition) is 1. The quantitative estimate of drug-likeness (QED) is 0.414. The van der Waals surface area contributed by atoms with Crippen molar-refractivity contribution in [1.29, 1.82) is 0 Å². The molecule has 0 aliphatic heterocycles. The molecule has 1 aliphatic carbocycles. The number of aryl methyl sites for hydroxylation is 1. The van der Waals surface area contributed by atoms with Crippen LogP contribution in [-0.4, -0.2) is 25.9 Å². The van der Waals surface area contributed by atoms with Crippen molar-refractivity contribution in [2.24, 2.45) is 0 Å². The maximum atomic E-state index is 13.1. The van der Waals surface area contributed by atoms with Gasteiger partial charge in [-0.1, -0.05) is 54.2 Å². The fraction of sp³-hybridized carbons (Fsp3) is 0.240. The first-order valence-corrected chi connectivity index (χ1v) is 11.7. The molecule has 0 saturated carbocycles. The maximum absolute atomic E-state index is 13.1. The van der Waals surface area contributed by atoms with Gasteiger partial charge in [0.05, 0.1) is 17.6 Å². The number of carbonyl (C=O) groups excluding carboxylic acids is 1. The van der Waals surface area contributed by atoms with Crippen LogP contribution in [0.4, 0.5) is 0 Å². The van der Waals surface area contributed by atoms with E-state index in [-0.39, 0.29) is 17.2 Å². The lowest BCUT2D eigenvalue weighted by molar-refractivity contribution is -0.121. The second-order valence-electron chi connectivity index (χ2n) is 7.87.